The summed E-state index contributed by atoms with van der Waals surface area (Å²) < 4.78 is 5.35. The number of rotatable bonds is 8. The second-order valence-corrected chi connectivity index (χ2v) is 7.50. The minimum Gasteiger partial charge on any atom is -0.381 e. The number of benzene rings is 1. The minimum atomic E-state index is -0.357. The van der Waals surface area contributed by atoms with Gasteiger partial charge < -0.3 is 15.4 Å². The molecular weight excluding hydrogens is 342 g/mol. The Morgan fingerprint density at radius 2 is 2.00 bits per heavy atom. The molecule has 1 aromatic carbocycles. The molecule has 0 aliphatic carbocycles. The van der Waals surface area contributed by atoms with E-state index in [1.807, 2.05) is 6.07 Å². The number of amides is 2. The monoisotopic (exact) mass is 373 g/mol. The second kappa shape index (κ2) is 10.4. The standard InChI is InChI=1S/C21H31N3O3/c25-20(23-16-18-8-13-27-14-9-18)15-19-21(26)22-10-12-24(19)11-4-7-17-5-2-1-3-6-17/h1-3,5-6,18-19H,4,7-16H2,(H,22,26)(H,23,25)/t19-/m1/s1. The average molecular weight is 373 g/mol. The molecule has 0 radical (unpaired) electrons. The van der Waals surface area contributed by atoms with Gasteiger partial charge in [0.15, 0.2) is 0 Å². The number of ether oxygens (including phenoxy) is 1. The zero-order valence-corrected chi connectivity index (χ0v) is 16.0. The summed E-state index contributed by atoms with van der Waals surface area (Å²) in [6.07, 6.45) is 4.20. The lowest BCUT2D eigenvalue weighted by atomic mass is 10.00. The van der Waals surface area contributed by atoms with Crippen LogP contribution in [0.15, 0.2) is 30.3 Å². The minimum absolute atomic E-state index is 0.0258. The summed E-state index contributed by atoms with van der Waals surface area (Å²) in [7, 11) is 0. The summed E-state index contributed by atoms with van der Waals surface area (Å²) in [5.74, 6) is 0.434. The van der Waals surface area contributed by atoms with Crippen LogP contribution in [-0.2, 0) is 20.7 Å². The summed E-state index contributed by atoms with van der Waals surface area (Å²) in [6.45, 7) is 4.54. The summed E-state index contributed by atoms with van der Waals surface area (Å²) >= 11 is 0. The molecule has 148 valence electrons. The fraction of sp³-hybridized carbons (Fsp3) is 0.619. The highest BCUT2D eigenvalue weighted by molar-refractivity contribution is 5.88. The van der Waals surface area contributed by atoms with E-state index in [4.69, 9.17) is 4.74 Å². The van der Waals surface area contributed by atoms with Gasteiger partial charge in [-0.15, -0.1) is 0 Å². The van der Waals surface area contributed by atoms with E-state index in [0.29, 0.717) is 19.0 Å². The maximum Gasteiger partial charge on any atom is 0.237 e. The number of nitrogens with one attached hydrogen (secondary N) is 2. The topological polar surface area (TPSA) is 70.7 Å². The van der Waals surface area contributed by atoms with Crippen LogP contribution < -0.4 is 10.6 Å². The molecule has 0 aromatic heterocycles. The Hall–Kier alpha value is -1.92. The number of aryl methyl sites for hydroxylation is 1. The first-order valence-electron chi connectivity index (χ1n) is 10.1. The SMILES string of the molecule is O=C(C[C@@H]1C(=O)NCCN1CCCc1ccccc1)NCC1CCOCC1. The van der Waals surface area contributed by atoms with E-state index in [9.17, 15) is 9.59 Å². The number of carbonyl (C=O) groups excluding carboxylic acids is 2. The van der Waals surface area contributed by atoms with Crippen LogP contribution in [0.2, 0.25) is 0 Å². The second-order valence-electron chi connectivity index (χ2n) is 7.50. The molecule has 3 rings (SSSR count). The predicted molar refractivity (Wildman–Crippen MR) is 104 cm³/mol. The van der Waals surface area contributed by atoms with Gasteiger partial charge in [-0.3, -0.25) is 14.5 Å². The molecule has 2 saturated heterocycles. The molecule has 6 nitrogen and oxygen atoms in total. The van der Waals surface area contributed by atoms with Crippen molar-refractivity contribution in [3.63, 3.8) is 0 Å². The van der Waals surface area contributed by atoms with Crippen molar-refractivity contribution >= 4 is 11.8 Å². The first-order valence-corrected chi connectivity index (χ1v) is 10.1. The van der Waals surface area contributed by atoms with Crippen LogP contribution in [0.25, 0.3) is 0 Å². The summed E-state index contributed by atoms with van der Waals surface area (Å²) in [6, 6.07) is 10.0. The highest BCUT2D eigenvalue weighted by Crippen LogP contribution is 2.14. The Labute approximate surface area is 161 Å². The Morgan fingerprint density at radius 1 is 1.22 bits per heavy atom. The highest BCUT2D eigenvalue weighted by atomic mass is 16.5. The Balaban J connectivity index is 1.44. The van der Waals surface area contributed by atoms with Gasteiger partial charge in [0.2, 0.25) is 11.8 Å². The molecule has 1 aromatic rings. The summed E-state index contributed by atoms with van der Waals surface area (Å²) in [4.78, 5) is 26.9. The van der Waals surface area contributed by atoms with Crippen LogP contribution in [-0.4, -0.2) is 62.1 Å². The number of hydrogen-bond acceptors (Lipinski definition) is 4. The molecule has 2 heterocycles. The van der Waals surface area contributed by atoms with E-state index in [1.165, 1.54) is 5.56 Å². The van der Waals surface area contributed by atoms with Gasteiger partial charge >= 0.3 is 0 Å². The van der Waals surface area contributed by atoms with Crippen LogP contribution in [0.5, 0.6) is 0 Å². The lowest BCUT2D eigenvalue weighted by Gasteiger charge is -2.34. The first kappa shape index (κ1) is 19.8. The third-order valence-electron chi connectivity index (χ3n) is 5.50. The van der Waals surface area contributed by atoms with Gasteiger partial charge in [0.25, 0.3) is 0 Å². The molecular formula is C21H31N3O3. The molecule has 2 aliphatic rings. The van der Waals surface area contributed by atoms with Crippen molar-refractivity contribution in [1.29, 1.82) is 0 Å². The van der Waals surface area contributed by atoms with Crippen molar-refractivity contribution in [2.75, 3.05) is 39.4 Å². The van der Waals surface area contributed by atoms with Gasteiger partial charge in [-0.2, -0.15) is 0 Å². The molecule has 0 unspecified atom stereocenters. The van der Waals surface area contributed by atoms with Gasteiger partial charge in [0.1, 0.15) is 0 Å². The summed E-state index contributed by atoms with van der Waals surface area (Å²) in [5.41, 5.74) is 1.31. The van der Waals surface area contributed by atoms with Crippen LogP contribution in [0.4, 0.5) is 0 Å². The lowest BCUT2D eigenvalue weighted by Crippen LogP contribution is -2.56. The van der Waals surface area contributed by atoms with E-state index in [1.54, 1.807) is 0 Å². The zero-order valence-electron chi connectivity index (χ0n) is 16.0. The average Bonchev–Trinajstić information content (AvgIpc) is 2.70. The van der Waals surface area contributed by atoms with Crippen LogP contribution in [0.3, 0.4) is 0 Å². The molecule has 2 amide bonds. The van der Waals surface area contributed by atoms with Gasteiger partial charge in [-0.25, -0.2) is 0 Å². The van der Waals surface area contributed by atoms with Crippen molar-refractivity contribution in [2.45, 2.75) is 38.1 Å². The predicted octanol–water partition coefficient (Wildman–Crippen LogP) is 1.35. The van der Waals surface area contributed by atoms with Gasteiger partial charge in [-0.05, 0) is 43.7 Å². The van der Waals surface area contributed by atoms with E-state index in [0.717, 1.165) is 52.0 Å². The zero-order chi connectivity index (χ0) is 18.9. The normalized spacial score (nSPS) is 21.6. The Kier molecular flexibility index (Phi) is 7.66. The van der Waals surface area contributed by atoms with E-state index >= 15 is 0 Å². The first-order chi connectivity index (χ1) is 13.2. The van der Waals surface area contributed by atoms with Gasteiger partial charge in [0.05, 0.1) is 12.5 Å². The van der Waals surface area contributed by atoms with Gasteiger partial charge in [-0.1, -0.05) is 30.3 Å². The molecule has 2 fully saturated rings. The quantitative estimate of drug-likeness (QED) is 0.722. The van der Waals surface area contributed by atoms with Crippen molar-refractivity contribution in [1.82, 2.24) is 15.5 Å². The molecule has 0 saturated carbocycles. The molecule has 27 heavy (non-hydrogen) atoms. The van der Waals surface area contributed by atoms with Gasteiger partial charge in [0, 0.05) is 32.8 Å². The van der Waals surface area contributed by atoms with Crippen molar-refractivity contribution in [2.24, 2.45) is 5.92 Å². The molecule has 6 heteroatoms. The van der Waals surface area contributed by atoms with Crippen LogP contribution >= 0.6 is 0 Å². The number of nitrogens with zero attached hydrogens (tertiary/aromatic N) is 1. The van der Waals surface area contributed by atoms with Crippen molar-refractivity contribution in [3.8, 4) is 0 Å². The molecule has 0 bridgehead atoms. The number of hydrogen-bond donors (Lipinski definition) is 2. The van der Waals surface area contributed by atoms with Crippen LogP contribution in [0, 0.1) is 5.92 Å². The third-order valence-corrected chi connectivity index (χ3v) is 5.50. The Morgan fingerprint density at radius 3 is 2.78 bits per heavy atom. The fourth-order valence-electron chi connectivity index (χ4n) is 3.84. The molecule has 2 aliphatic heterocycles. The van der Waals surface area contributed by atoms with E-state index in [-0.39, 0.29) is 24.3 Å². The third kappa shape index (κ3) is 6.33. The maximum atomic E-state index is 12.4. The van der Waals surface area contributed by atoms with Crippen molar-refractivity contribution < 1.29 is 14.3 Å². The largest absolute Gasteiger partial charge is 0.381 e. The number of piperazine rings is 1. The molecule has 2 N–H and O–H groups in total. The van der Waals surface area contributed by atoms with Crippen LogP contribution in [0.1, 0.15) is 31.2 Å². The van der Waals surface area contributed by atoms with E-state index < -0.39 is 0 Å². The maximum absolute atomic E-state index is 12.4. The highest BCUT2D eigenvalue weighted by Gasteiger charge is 2.31. The Bertz CT molecular complexity index is 602. The smallest absolute Gasteiger partial charge is 0.237 e. The number of carbonyl (C=O) groups is 2. The summed E-state index contributed by atoms with van der Waals surface area (Å²) in [5, 5.41) is 5.93. The van der Waals surface area contributed by atoms with Crippen molar-refractivity contribution in [3.05, 3.63) is 35.9 Å². The lowest BCUT2D eigenvalue weighted by molar-refractivity contribution is -0.134. The molecule has 0 spiro atoms. The molecule has 1 atom stereocenters. The fourth-order valence-corrected chi connectivity index (χ4v) is 3.84. The van der Waals surface area contributed by atoms with E-state index in [2.05, 4.69) is 39.8 Å².